The number of halogens is 1. The summed E-state index contributed by atoms with van der Waals surface area (Å²) in [5, 5.41) is 1.14. The molecule has 6 nitrogen and oxygen atoms in total. The molecule has 164 valence electrons. The maximum Gasteiger partial charge on any atom is 0.267 e. The number of anilines is 1. The minimum atomic E-state index is -0.221. The van der Waals surface area contributed by atoms with Crippen molar-refractivity contribution in [3.05, 3.63) is 77.3 Å². The van der Waals surface area contributed by atoms with E-state index in [1.807, 2.05) is 36.4 Å². The predicted octanol–water partition coefficient (Wildman–Crippen LogP) is 5.58. The van der Waals surface area contributed by atoms with Gasteiger partial charge >= 0.3 is 0 Å². The van der Waals surface area contributed by atoms with Crippen LogP contribution in [0.1, 0.15) is 5.56 Å². The Morgan fingerprint density at radius 1 is 0.969 bits per heavy atom. The van der Waals surface area contributed by atoms with Gasteiger partial charge in [-0.1, -0.05) is 53.3 Å². The largest absolute Gasteiger partial charge is 0.495 e. The molecule has 3 aromatic carbocycles. The molecule has 4 rings (SSSR count). The second-order valence-electron chi connectivity index (χ2n) is 6.85. The van der Waals surface area contributed by atoms with E-state index in [0.29, 0.717) is 39.5 Å². The highest BCUT2D eigenvalue weighted by atomic mass is 35.5. The molecule has 32 heavy (non-hydrogen) atoms. The molecule has 0 aliphatic heterocycles. The number of hydrogen-bond acceptors (Lipinski definition) is 6. The average molecular weight is 469 g/mol. The van der Waals surface area contributed by atoms with Gasteiger partial charge in [0.2, 0.25) is 0 Å². The fraction of sp³-hybridized carbons (Fsp3) is 0.167. The SMILES string of the molecule is COc1ccc(OC)c2sc(N(Cc3ccccc3)C(=O)COc3ccc(Cl)cc3)nc12. The van der Waals surface area contributed by atoms with Crippen molar-refractivity contribution in [3.63, 3.8) is 0 Å². The van der Waals surface area contributed by atoms with Crippen LogP contribution in [-0.4, -0.2) is 31.7 Å². The van der Waals surface area contributed by atoms with Crippen LogP contribution < -0.4 is 19.1 Å². The Morgan fingerprint density at radius 2 is 1.66 bits per heavy atom. The third kappa shape index (κ3) is 4.79. The van der Waals surface area contributed by atoms with Gasteiger partial charge < -0.3 is 14.2 Å². The summed E-state index contributed by atoms with van der Waals surface area (Å²) in [6.07, 6.45) is 0. The van der Waals surface area contributed by atoms with Crippen LogP contribution in [0, 0.1) is 0 Å². The van der Waals surface area contributed by atoms with Gasteiger partial charge in [0.1, 0.15) is 27.5 Å². The van der Waals surface area contributed by atoms with Crippen molar-refractivity contribution < 1.29 is 19.0 Å². The van der Waals surface area contributed by atoms with Crippen LogP contribution in [0.4, 0.5) is 5.13 Å². The maximum atomic E-state index is 13.3. The summed E-state index contributed by atoms with van der Waals surface area (Å²) >= 11 is 7.30. The molecule has 4 aromatic rings. The zero-order valence-corrected chi connectivity index (χ0v) is 19.2. The van der Waals surface area contributed by atoms with E-state index in [0.717, 1.165) is 10.3 Å². The predicted molar refractivity (Wildman–Crippen MR) is 127 cm³/mol. The van der Waals surface area contributed by atoms with Crippen LogP contribution in [0.2, 0.25) is 5.02 Å². The number of carbonyl (C=O) groups excluding carboxylic acids is 1. The molecule has 1 heterocycles. The van der Waals surface area contributed by atoms with Crippen LogP contribution in [-0.2, 0) is 11.3 Å². The molecule has 0 atom stereocenters. The summed E-state index contributed by atoms with van der Waals surface area (Å²) in [6, 6.07) is 20.3. The van der Waals surface area contributed by atoms with E-state index in [1.54, 1.807) is 49.5 Å². The first-order valence-electron chi connectivity index (χ1n) is 9.83. The molecule has 0 fully saturated rings. The number of ether oxygens (including phenoxy) is 3. The summed E-state index contributed by atoms with van der Waals surface area (Å²) in [5.41, 5.74) is 1.63. The molecule has 0 bridgehead atoms. The van der Waals surface area contributed by atoms with Crippen molar-refractivity contribution in [3.8, 4) is 17.2 Å². The second kappa shape index (κ2) is 9.89. The van der Waals surface area contributed by atoms with Gasteiger partial charge in [-0.05, 0) is 42.0 Å². The van der Waals surface area contributed by atoms with Gasteiger partial charge in [-0.2, -0.15) is 0 Å². The number of methoxy groups -OCH3 is 2. The molecule has 1 aromatic heterocycles. The quantitative estimate of drug-likeness (QED) is 0.338. The Balaban J connectivity index is 1.67. The van der Waals surface area contributed by atoms with E-state index in [2.05, 4.69) is 0 Å². The van der Waals surface area contributed by atoms with Gasteiger partial charge in [-0.15, -0.1) is 0 Å². The molecule has 0 saturated carbocycles. The van der Waals surface area contributed by atoms with Gasteiger partial charge in [0.15, 0.2) is 11.7 Å². The van der Waals surface area contributed by atoms with E-state index in [1.165, 1.54) is 11.3 Å². The van der Waals surface area contributed by atoms with Crippen molar-refractivity contribution in [1.82, 2.24) is 4.98 Å². The molecule has 8 heteroatoms. The molecule has 0 aliphatic rings. The second-order valence-corrected chi connectivity index (χ2v) is 8.27. The third-order valence-corrected chi connectivity index (χ3v) is 6.14. The third-order valence-electron chi connectivity index (χ3n) is 4.79. The lowest BCUT2D eigenvalue weighted by Gasteiger charge is -2.20. The molecule has 0 N–H and O–H groups in total. The van der Waals surface area contributed by atoms with Crippen LogP contribution in [0.5, 0.6) is 17.2 Å². The number of amides is 1. The van der Waals surface area contributed by atoms with Crippen LogP contribution in [0.3, 0.4) is 0 Å². The molecule has 0 saturated heterocycles. The monoisotopic (exact) mass is 468 g/mol. The lowest BCUT2D eigenvalue weighted by molar-refractivity contribution is -0.120. The lowest BCUT2D eigenvalue weighted by Crippen LogP contribution is -2.34. The minimum absolute atomic E-state index is 0.140. The van der Waals surface area contributed by atoms with E-state index >= 15 is 0 Å². The van der Waals surface area contributed by atoms with E-state index < -0.39 is 0 Å². The highest BCUT2D eigenvalue weighted by molar-refractivity contribution is 7.22. The number of rotatable bonds is 8. The zero-order chi connectivity index (χ0) is 22.5. The van der Waals surface area contributed by atoms with Gasteiger partial charge in [-0.3, -0.25) is 9.69 Å². The fourth-order valence-corrected chi connectivity index (χ4v) is 4.39. The average Bonchev–Trinajstić information content (AvgIpc) is 3.27. The van der Waals surface area contributed by atoms with Gasteiger partial charge in [0, 0.05) is 5.02 Å². The Hall–Kier alpha value is -3.29. The Labute approximate surface area is 194 Å². The number of hydrogen-bond donors (Lipinski definition) is 0. The standard InChI is InChI=1S/C24H21ClN2O4S/c1-29-19-12-13-20(30-2)23-22(19)26-24(32-23)27(14-16-6-4-3-5-7-16)21(28)15-31-18-10-8-17(25)9-11-18/h3-13H,14-15H2,1-2H3. The first-order valence-corrected chi connectivity index (χ1v) is 11.0. The summed E-state index contributed by atoms with van der Waals surface area (Å²) in [4.78, 5) is 19.6. The molecular formula is C24H21ClN2O4S. The maximum absolute atomic E-state index is 13.3. The first-order chi connectivity index (χ1) is 15.6. The van der Waals surface area contributed by atoms with E-state index in [4.69, 9.17) is 30.8 Å². The van der Waals surface area contributed by atoms with Crippen molar-refractivity contribution in [2.75, 3.05) is 25.7 Å². The van der Waals surface area contributed by atoms with E-state index in [9.17, 15) is 4.79 Å². The Bertz CT molecular complexity index is 1170. The molecule has 0 unspecified atom stereocenters. The highest BCUT2D eigenvalue weighted by Gasteiger charge is 2.23. The topological polar surface area (TPSA) is 60.9 Å². The summed E-state index contributed by atoms with van der Waals surface area (Å²) in [6.45, 7) is 0.215. The van der Waals surface area contributed by atoms with Crippen LogP contribution >= 0.6 is 22.9 Å². The van der Waals surface area contributed by atoms with Crippen molar-refractivity contribution >= 4 is 44.2 Å². The molecule has 0 radical (unpaired) electrons. The summed E-state index contributed by atoms with van der Waals surface area (Å²) in [7, 11) is 3.20. The Morgan fingerprint density at radius 3 is 2.34 bits per heavy atom. The van der Waals surface area contributed by atoms with Gasteiger partial charge in [0.25, 0.3) is 5.91 Å². The summed E-state index contributed by atoms with van der Waals surface area (Å²) in [5.74, 6) is 1.64. The number of carbonyl (C=O) groups is 1. The lowest BCUT2D eigenvalue weighted by atomic mass is 10.2. The number of thiazole rings is 1. The van der Waals surface area contributed by atoms with Crippen molar-refractivity contribution in [2.24, 2.45) is 0 Å². The molecule has 0 spiro atoms. The minimum Gasteiger partial charge on any atom is -0.495 e. The smallest absolute Gasteiger partial charge is 0.267 e. The number of nitrogens with zero attached hydrogens (tertiary/aromatic N) is 2. The van der Waals surface area contributed by atoms with Crippen molar-refractivity contribution in [1.29, 1.82) is 0 Å². The van der Waals surface area contributed by atoms with Crippen LogP contribution in [0.15, 0.2) is 66.7 Å². The van der Waals surface area contributed by atoms with Crippen molar-refractivity contribution in [2.45, 2.75) is 6.54 Å². The summed E-state index contributed by atoms with van der Waals surface area (Å²) < 4.78 is 17.5. The zero-order valence-electron chi connectivity index (χ0n) is 17.6. The number of fused-ring (bicyclic) bond motifs is 1. The molecular weight excluding hydrogens is 448 g/mol. The molecule has 0 aliphatic carbocycles. The highest BCUT2D eigenvalue weighted by Crippen LogP contribution is 2.40. The van der Waals surface area contributed by atoms with E-state index in [-0.39, 0.29) is 12.5 Å². The number of aromatic nitrogens is 1. The molecule has 1 amide bonds. The van der Waals surface area contributed by atoms with Gasteiger partial charge in [-0.25, -0.2) is 4.98 Å². The van der Waals surface area contributed by atoms with Crippen LogP contribution in [0.25, 0.3) is 10.2 Å². The normalized spacial score (nSPS) is 10.7. The Kier molecular flexibility index (Phi) is 6.78. The van der Waals surface area contributed by atoms with Gasteiger partial charge in [0.05, 0.1) is 20.8 Å². The first kappa shape index (κ1) is 21.9. The number of benzene rings is 3. The fourth-order valence-electron chi connectivity index (χ4n) is 3.17.